The van der Waals surface area contributed by atoms with Crippen molar-refractivity contribution in [2.45, 2.75) is 26.2 Å². The molecule has 0 amide bonds. The molecular weight excluding hydrogens is 416 g/mol. The van der Waals surface area contributed by atoms with Crippen molar-refractivity contribution in [3.05, 3.63) is 62.5 Å². The molecule has 2 unspecified atom stereocenters. The van der Waals surface area contributed by atoms with E-state index >= 15 is 0 Å². The number of aliphatic carboxylic acids is 1. The Hall–Kier alpha value is -3.71. The molecule has 10 heteroatoms. The van der Waals surface area contributed by atoms with Crippen LogP contribution in [0.2, 0.25) is 0 Å². The summed E-state index contributed by atoms with van der Waals surface area (Å²) in [4.78, 5) is 37.7. The molecule has 0 fully saturated rings. The van der Waals surface area contributed by atoms with Crippen molar-refractivity contribution in [1.29, 1.82) is 5.26 Å². The number of carbonyl (C=O) groups excluding carboxylic acids is 1. The molecule has 1 heterocycles. The summed E-state index contributed by atoms with van der Waals surface area (Å²) in [5.74, 6) is -3.62. The third kappa shape index (κ3) is 5.70. The summed E-state index contributed by atoms with van der Waals surface area (Å²) in [6, 6.07) is 7.63. The number of nitro benzene ring substituents is 1. The zero-order valence-electron chi connectivity index (χ0n) is 18.4. The largest absolute Gasteiger partial charge is 0.478 e. The quantitative estimate of drug-likeness (QED) is 0.334. The maximum atomic E-state index is 13.1. The lowest BCUT2D eigenvalue weighted by molar-refractivity contribution is -0.384. The van der Waals surface area contributed by atoms with Gasteiger partial charge in [0.25, 0.3) is 5.69 Å². The number of non-ortho nitro benzene ring substituents is 1. The molecule has 1 aromatic rings. The van der Waals surface area contributed by atoms with Gasteiger partial charge in [0.05, 0.1) is 34.0 Å². The molecule has 32 heavy (non-hydrogen) atoms. The van der Waals surface area contributed by atoms with Crippen molar-refractivity contribution in [2.75, 3.05) is 27.2 Å². The van der Waals surface area contributed by atoms with Crippen LogP contribution in [-0.2, 0) is 14.3 Å². The Balaban J connectivity index is 2.42. The number of hydrogen-bond acceptors (Lipinski definition) is 8. The molecule has 2 atom stereocenters. The van der Waals surface area contributed by atoms with Crippen molar-refractivity contribution in [3.63, 3.8) is 0 Å². The number of allylic oxidation sites excluding steroid dienone is 2. The first-order chi connectivity index (χ1) is 15.1. The second-order valence-electron chi connectivity index (χ2n) is 7.81. The number of nitrogens with one attached hydrogen (secondary N) is 1. The van der Waals surface area contributed by atoms with Crippen LogP contribution in [0.4, 0.5) is 5.69 Å². The number of carbonyl (C=O) groups is 2. The number of nitriles is 1. The van der Waals surface area contributed by atoms with E-state index in [1.807, 2.05) is 19.0 Å². The highest BCUT2D eigenvalue weighted by Crippen LogP contribution is 2.39. The lowest BCUT2D eigenvalue weighted by Gasteiger charge is -2.29. The number of nitro groups is 1. The Kier molecular flexibility index (Phi) is 8.09. The van der Waals surface area contributed by atoms with E-state index in [-0.39, 0.29) is 29.0 Å². The van der Waals surface area contributed by atoms with Gasteiger partial charge in [-0.25, -0.2) is 9.59 Å². The molecule has 1 aliphatic rings. The fourth-order valence-electron chi connectivity index (χ4n) is 3.55. The van der Waals surface area contributed by atoms with E-state index in [4.69, 9.17) is 4.74 Å². The van der Waals surface area contributed by atoms with Gasteiger partial charge in [-0.1, -0.05) is 12.1 Å². The number of carboxylic acid groups (broad SMARTS) is 1. The summed E-state index contributed by atoms with van der Waals surface area (Å²) in [5, 5.41) is 33.3. The number of hydrogen-bond donors (Lipinski definition) is 2. The summed E-state index contributed by atoms with van der Waals surface area (Å²) in [6.07, 6.45) is 0.501. The Morgan fingerprint density at radius 3 is 2.53 bits per heavy atom. The summed E-state index contributed by atoms with van der Waals surface area (Å²) >= 11 is 0. The van der Waals surface area contributed by atoms with E-state index in [1.165, 1.54) is 24.3 Å². The van der Waals surface area contributed by atoms with Gasteiger partial charge in [0, 0.05) is 23.5 Å². The predicted molar refractivity (Wildman–Crippen MR) is 115 cm³/mol. The van der Waals surface area contributed by atoms with Crippen molar-refractivity contribution < 1.29 is 24.4 Å². The van der Waals surface area contributed by atoms with E-state index < -0.39 is 28.7 Å². The van der Waals surface area contributed by atoms with Gasteiger partial charge in [-0.05, 0) is 46.5 Å². The highest BCUT2D eigenvalue weighted by molar-refractivity contribution is 5.99. The normalized spacial score (nSPS) is 16.9. The number of ether oxygens (including phenoxy) is 1. The topological polar surface area (TPSA) is 146 Å². The zero-order valence-corrected chi connectivity index (χ0v) is 18.4. The minimum atomic E-state index is -1.26. The Bertz CT molecular complexity index is 1020. The molecule has 2 rings (SSSR count). The monoisotopic (exact) mass is 442 g/mol. The fraction of sp³-hybridized carbons (Fsp3) is 0.409. The van der Waals surface area contributed by atoms with Crippen LogP contribution in [0.5, 0.6) is 0 Å². The lowest BCUT2D eigenvalue weighted by atomic mass is 9.80. The molecule has 1 aliphatic heterocycles. The summed E-state index contributed by atoms with van der Waals surface area (Å²) in [6.45, 7) is 3.66. The third-order valence-electron chi connectivity index (χ3n) is 5.15. The molecule has 0 radical (unpaired) electrons. The number of dihydropyridines is 1. The molecule has 2 N–H and O–H groups in total. The first-order valence-electron chi connectivity index (χ1n) is 9.94. The summed E-state index contributed by atoms with van der Waals surface area (Å²) < 4.78 is 5.40. The number of rotatable bonds is 9. The van der Waals surface area contributed by atoms with Gasteiger partial charge in [-0.2, -0.15) is 5.26 Å². The van der Waals surface area contributed by atoms with E-state index in [0.717, 1.165) is 0 Å². The van der Waals surface area contributed by atoms with Gasteiger partial charge in [0.2, 0.25) is 0 Å². The molecule has 0 saturated heterocycles. The predicted octanol–water partition coefficient (Wildman–Crippen LogP) is 2.55. The highest BCUT2D eigenvalue weighted by atomic mass is 16.6. The van der Waals surface area contributed by atoms with Crippen molar-refractivity contribution in [1.82, 2.24) is 10.2 Å². The van der Waals surface area contributed by atoms with Crippen molar-refractivity contribution in [2.24, 2.45) is 5.92 Å². The van der Waals surface area contributed by atoms with Gasteiger partial charge >= 0.3 is 11.9 Å². The lowest BCUT2D eigenvalue weighted by Crippen LogP contribution is -2.32. The summed E-state index contributed by atoms with van der Waals surface area (Å²) in [5.41, 5.74) is 0.709. The van der Waals surface area contributed by atoms with Crippen LogP contribution in [0.3, 0.4) is 0 Å². The van der Waals surface area contributed by atoms with Crippen LogP contribution in [0.25, 0.3) is 0 Å². The van der Waals surface area contributed by atoms with E-state index in [9.17, 15) is 30.1 Å². The molecule has 0 saturated carbocycles. The van der Waals surface area contributed by atoms with Gasteiger partial charge in [-0.3, -0.25) is 10.1 Å². The van der Waals surface area contributed by atoms with Crippen LogP contribution < -0.4 is 5.32 Å². The van der Waals surface area contributed by atoms with Crippen LogP contribution in [0.1, 0.15) is 31.7 Å². The van der Waals surface area contributed by atoms with E-state index in [0.29, 0.717) is 24.4 Å². The molecule has 0 aromatic heterocycles. The maximum Gasteiger partial charge on any atom is 0.336 e. The fourth-order valence-corrected chi connectivity index (χ4v) is 3.55. The SMILES string of the molecule is CC1=C(C(=O)O)C(c2cccc([N+](=O)[O-])c2)C(C(=O)OCC(C#N)CCN(C)C)=C(C)N1. The molecular formula is C22H26N4O6. The van der Waals surface area contributed by atoms with Crippen LogP contribution >= 0.6 is 0 Å². The Labute approximate surface area is 185 Å². The highest BCUT2D eigenvalue weighted by Gasteiger charge is 2.38. The van der Waals surface area contributed by atoms with Gasteiger partial charge in [0.15, 0.2) is 0 Å². The molecule has 170 valence electrons. The number of nitrogens with zero attached hydrogens (tertiary/aromatic N) is 3. The third-order valence-corrected chi connectivity index (χ3v) is 5.15. The van der Waals surface area contributed by atoms with Crippen LogP contribution in [0.15, 0.2) is 46.8 Å². The zero-order chi connectivity index (χ0) is 24.0. The minimum absolute atomic E-state index is 0.0396. The van der Waals surface area contributed by atoms with Crippen LogP contribution in [0, 0.1) is 27.4 Å². The molecule has 0 aliphatic carbocycles. The molecule has 10 nitrogen and oxygen atoms in total. The van der Waals surface area contributed by atoms with E-state index in [1.54, 1.807) is 13.8 Å². The molecule has 1 aromatic carbocycles. The second-order valence-corrected chi connectivity index (χ2v) is 7.81. The first-order valence-corrected chi connectivity index (χ1v) is 9.94. The number of esters is 1. The Morgan fingerprint density at radius 1 is 1.31 bits per heavy atom. The standard InChI is InChI=1S/C22H26N4O6/c1-13-18(21(27)28)20(16-6-5-7-17(10-16)26(30)31)19(14(2)24-13)22(29)32-12-15(11-23)8-9-25(3)4/h5-7,10,15,20,24H,8-9,12H2,1-4H3,(H,27,28). The van der Waals surface area contributed by atoms with Crippen molar-refractivity contribution >= 4 is 17.6 Å². The molecule has 0 spiro atoms. The first kappa shape index (κ1) is 24.6. The van der Waals surface area contributed by atoms with Gasteiger partial charge < -0.3 is 20.1 Å². The maximum absolute atomic E-state index is 13.1. The van der Waals surface area contributed by atoms with Crippen LogP contribution in [-0.4, -0.2) is 54.1 Å². The number of carboxylic acids is 1. The molecule has 0 bridgehead atoms. The van der Waals surface area contributed by atoms with Gasteiger partial charge in [-0.15, -0.1) is 0 Å². The average molecular weight is 442 g/mol. The summed E-state index contributed by atoms with van der Waals surface area (Å²) in [7, 11) is 3.74. The minimum Gasteiger partial charge on any atom is -0.478 e. The van der Waals surface area contributed by atoms with E-state index in [2.05, 4.69) is 11.4 Å². The average Bonchev–Trinajstić information content (AvgIpc) is 2.72. The number of benzene rings is 1. The Morgan fingerprint density at radius 2 is 1.97 bits per heavy atom. The van der Waals surface area contributed by atoms with Crippen molar-refractivity contribution in [3.8, 4) is 6.07 Å². The second kappa shape index (κ2) is 10.5. The smallest absolute Gasteiger partial charge is 0.336 e. The van der Waals surface area contributed by atoms with Gasteiger partial charge in [0.1, 0.15) is 6.61 Å².